The van der Waals surface area contributed by atoms with E-state index < -0.39 is 0 Å². The van der Waals surface area contributed by atoms with Crippen LogP contribution in [0.1, 0.15) is 61.6 Å². The third-order valence-corrected chi connectivity index (χ3v) is 7.09. The van der Waals surface area contributed by atoms with Gasteiger partial charge in [-0.2, -0.15) is 5.26 Å². The fourth-order valence-electron chi connectivity index (χ4n) is 5.08. The number of aromatic nitrogens is 4. The van der Waals surface area contributed by atoms with E-state index in [1.165, 1.54) is 5.56 Å². The minimum atomic E-state index is -0.272. The first-order valence-corrected chi connectivity index (χ1v) is 12.2. The van der Waals surface area contributed by atoms with E-state index in [4.69, 9.17) is 4.98 Å². The van der Waals surface area contributed by atoms with Crippen LogP contribution in [-0.4, -0.2) is 30.7 Å². The number of nitrogens with one attached hydrogen (secondary N) is 2. The Balaban J connectivity index is 1.40. The molecule has 0 unspecified atom stereocenters. The van der Waals surface area contributed by atoms with Gasteiger partial charge >= 0.3 is 5.69 Å². The van der Waals surface area contributed by atoms with Crippen LogP contribution in [0.4, 0.5) is 11.6 Å². The number of benzene rings is 1. The van der Waals surface area contributed by atoms with Gasteiger partial charge in [0, 0.05) is 17.8 Å². The van der Waals surface area contributed by atoms with E-state index in [0.717, 1.165) is 48.0 Å². The van der Waals surface area contributed by atoms with Crippen LogP contribution in [-0.2, 0) is 0 Å². The normalized spacial score (nSPS) is 20.0. The van der Waals surface area contributed by atoms with Crippen molar-refractivity contribution in [2.45, 2.75) is 56.6 Å². The summed E-state index contributed by atoms with van der Waals surface area (Å²) < 4.78 is 1.85. The zero-order valence-electron chi connectivity index (χ0n) is 19.2. The summed E-state index contributed by atoms with van der Waals surface area (Å²) in [6.07, 6.45) is 6.66. The highest BCUT2D eigenvalue weighted by molar-refractivity contribution is 5.82. The minimum absolute atomic E-state index is 0.0800. The van der Waals surface area contributed by atoms with Crippen molar-refractivity contribution in [1.82, 2.24) is 19.5 Å². The zero-order chi connectivity index (χ0) is 23.9. The van der Waals surface area contributed by atoms with E-state index in [-0.39, 0.29) is 17.8 Å². The quantitative estimate of drug-likeness (QED) is 0.390. The molecule has 4 aromatic rings. The molecule has 2 fully saturated rings. The Bertz CT molecular complexity index is 1500. The molecule has 0 spiro atoms. The van der Waals surface area contributed by atoms with Crippen molar-refractivity contribution < 1.29 is 5.11 Å². The van der Waals surface area contributed by atoms with Gasteiger partial charge in [-0.15, -0.1) is 0 Å². The molecule has 3 heterocycles. The Morgan fingerprint density at radius 2 is 1.86 bits per heavy atom. The van der Waals surface area contributed by atoms with Crippen LogP contribution in [0, 0.1) is 11.3 Å². The van der Waals surface area contributed by atoms with E-state index in [0.29, 0.717) is 36.0 Å². The van der Waals surface area contributed by atoms with Crippen molar-refractivity contribution >= 4 is 22.7 Å². The first kappa shape index (κ1) is 21.6. The fraction of sp³-hybridized carbons (Fsp3) is 0.333. The molecule has 0 saturated heterocycles. The molecule has 0 amide bonds. The molecule has 1 aromatic carbocycles. The lowest BCUT2D eigenvalue weighted by Crippen LogP contribution is -2.27. The minimum Gasteiger partial charge on any atom is -0.393 e. The molecule has 2 aliphatic carbocycles. The highest BCUT2D eigenvalue weighted by Gasteiger charge is 2.26. The third kappa shape index (κ3) is 4.31. The Labute approximate surface area is 202 Å². The number of hydrogen-bond donors (Lipinski definition) is 3. The maximum Gasteiger partial charge on any atom is 0.326 e. The smallest absolute Gasteiger partial charge is 0.326 e. The third-order valence-electron chi connectivity index (χ3n) is 7.09. The lowest BCUT2D eigenvalue weighted by Gasteiger charge is -2.26. The van der Waals surface area contributed by atoms with Crippen LogP contribution in [0.25, 0.3) is 22.3 Å². The monoisotopic (exact) mass is 466 g/mol. The van der Waals surface area contributed by atoms with Crippen LogP contribution in [0.3, 0.4) is 0 Å². The summed E-state index contributed by atoms with van der Waals surface area (Å²) in [5.41, 5.74) is 5.09. The van der Waals surface area contributed by atoms with Gasteiger partial charge < -0.3 is 15.4 Å². The topological polar surface area (TPSA) is 120 Å². The summed E-state index contributed by atoms with van der Waals surface area (Å²) in [4.78, 5) is 25.0. The number of rotatable bonds is 5. The van der Waals surface area contributed by atoms with Crippen molar-refractivity contribution in [3.8, 4) is 17.3 Å². The second kappa shape index (κ2) is 8.67. The number of nitriles is 1. The Hall–Kier alpha value is -3.96. The predicted molar refractivity (Wildman–Crippen MR) is 134 cm³/mol. The van der Waals surface area contributed by atoms with E-state index in [1.54, 1.807) is 18.3 Å². The molecule has 35 heavy (non-hydrogen) atoms. The number of aromatic amines is 1. The largest absolute Gasteiger partial charge is 0.393 e. The first-order valence-electron chi connectivity index (χ1n) is 12.2. The Kier molecular flexibility index (Phi) is 5.34. The molecule has 3 aromatic heterocycles. The average Bonchev–Trinajstić information content (AvgIpc) is 3.67. The number of anilines is 2. The van der Waals surface area contributed by atoms with Gasteiger partial charge in [0.25, 0.3) is 0 Å². The summed E-state index contributed by atoms with van der Waals surface area (Å²) in [6, 6.07) is 15.8. The van der Waals surface area contributed by atoms with E-state index in [1.807, 2.05) is 22.8 Å². The summed E-state index contributed by atoms with van der Waals surface area (Å²) in [7, 11) is 0. The maximum absolute atomic E-state index is 12.8. The van der Waals surface area contributed by atoms with E-state index >= 15 is 0 Å². The second-order valence-corrected chi connectivity index (χ2v) is 9.61. The number of nitrogens with zero attached hydrogens (tertiary/aromatic N) is 4. The van der Waals surface area contributed by atoms with Crippen molar-refractivity contribution in [3.05, 3.63) is 70.3 Å². The van der Waals surface area contributed by atoms with Gasteiger partial charge in [0.2, 0.25) is 0 Å². The van der Waals surface area contributed by atoms with Gasteiger partial charge in [0.05, 0.1) is 34.5 Å². The molecule has 6 rings (SSSR count). The number of imidazole rings is 1. The number of H-pyrrole nitrogens is 1. The van der Waals surface area contributed by atoms with Crippen LogP contribution >= 0.6 is 0 Å². The van der Waals surface area contributed by atoms with Crippen molar-refractivity contribution in [3.63, 3.8) is 0 Å². The highest BCUT2D eigenvalue weighted by atomic mass is 16.3. The highest BCUT2D eigenvalue weighted by Crippen LogP contribution is 2.42. The van der Waals surface area contributed by atoms with Gasteiger partial charge in [-0.3, -0.25) is 4.57 Å². The standard InChI is InChI=1S/C27H26N6O2/c28-15-16-9-10-29-25(11-16)32-26-14-19(17-1-2-17)12-23(30-26)18-3-8-22-24(13-18)33(27(35)31-22)20-4-6-21(34)7-5-20/h3,8-14,17,20-21,34H,1-2,4-7H2,(H,31,35)(H,29,30,32). The molecule has 0 atom stereocenters. The molecule has 176 valence electrons. The SMILES string of the molecule is N#Cc1ccnc(Nc2cc(C3CC3)cc(-c3ccc4[nH]c(=O)n(C5CCC(O)CC5)c4c3)n2)c1. The lowest BCUT2D eigenvalue weighted by atomic mass is 9.93. The van der Waals surface area contributed by atoms with Crippen molar-refractivity contribution in [2.75, 3.05) is 5.32 Å². The van der Waals surface area contributed by atoms with Crippen LogP contribution in [0.15, 0.2) is 53.5 Å². The van der Waals surface area contributed by atoms with Gasteiger partial charge in [-0.1, -0.05) is 6.07 Å². The Morgan fingerprint density at radius 1 is 1.03 bits per heavy atom. The maximum atomic E-state index is 12.8. The van der Waals surface area contributed by atoms with E-state index in [2.05, 4.69) is 33.5 Å². The fourth-order valence-corrected chi connectivity index (χ4v) is 5.08. The van der Waals surface area contributed by atoms with Gasteiger partial charge in [-0.05, 0) is 86.4 Å². The van der Waals surface area contributed by atoms with Gasteiger partial charge in [0.15, 0.2) is 0 Å². The molecule has 2 aliphatic rings. The number of hydrogen-bond acceptors (Lipinski definition) is 6. The molecular weight excluding hydrogens is 440 g/mol. The van der Waals surface area contributed by atoms with Gasteiger partial charge in [0.1, 0.15) is 11.6 Å². The van der Waals surface area contributed by atoms with Crippen LogP contribution < -0.4 is 11.0 Å². The molecular formula is C27H26N6O2. The molecule has 8 heteroatoms. The summed E-state index contributed by atoms with van der Waals surface area (Å²) in [5.74, 6) is 1.78. The number of aliphatic hydroxyl groups excluding tert-OH is 1. The summed E-state index contributed by atoms with van der Waals surface area (Å²) in [5, 5.41) is 22.4. The predicted octanol–water partition coefficient (Wildman–Crippen LogP) is 4.76. The molecule has 0 radical (unpaired) electrons. The molecule has 3 N–H and O–H groups in total. The van der Waals surface area contributed by atoms with Gasteiger partial charge in [-0.25, -0.2) is 14.8 Å². The number of aliphatic hydroxyl groups is 1. The van der Waals surface area contributed by atoms with E-state index in [9.17, 15) is 15.2 Å². The summed E-state index contributed by atoms with van der Waals surface area (Å²) in [6.45, 7) is 0. The second-order valence-electron chi connectivity index (χ2n) is 9.61. The number of pyridine rings is 2. The summed E-state index contributed by atoms with van der Waals surface area (Å²) >= 11 is 0. The number of fused-ring (bicyclic) bond motifs is 1. The van der Waals surface area contributed by atoms with Crippen molar-refractivity contribution in [2.24, 2.45) is 0 Å². The van der Waals surface area contributed by atoms with Crippen molar-refractivity contribution in [1.29, 1.82) is 5.26 Å². The zero-order valence-corrected chi connectivity index (χ0v) is 19.2. The first-order chi connectivity index (χ1) is 17.1. The molecule has 2 saturated carbocycles. The molecule has 0 bridgehead atoms. The average molecular weight is 467 g/mol. The molecule has 8 nitrogen and oxygen atoms in total. The van der Waals surface area contributed by atoms with Crippen LogP contribution in [0.5, 0.6) is 0 Å². The molecule has 0 aliphatic heterocycles. The Morgan fingerprint density at radius 3 is 2.63 bits per heavy atom. The lowest BCUT2D eigenvalue weighted by molar-refractivity contribution is 0.111. The van der Waals surface area contributed by atoms with Crippen LogP contribution in [0.2, 0.25) is 0 Å².